The molecule has 1 aromatic carbocycles. The fraction of sp³-hybridized carbons (Fsp3) is 0.385. The fourth-order valence-electron chi connectivity index (χ4n) is 1.54. The molecule has 6 heteroatoms. The SMILES string of the molecule is CC(C)CC(=Cc1ccc(OC(F)F)cc1)[N+](=O)[O-]. The van der Waals surface area contributed by atoms with Crippen molar-refractivity contribution in [2.45, 2.75) is 26.9 Å². The lowest BCUT2D eigenvalue weighted by molar-refractivity contribution is -0.427. The number of nitro groups is 1. The van der Waals surface area contributed by atoms with Gasteiger partial charge < -0.3 is 4.74 Å². The van der Waals surface area contributed by atoms with Crippen molar-refractivity contribution in [1.29, 1.82) is 0 Å². The number of nitrogens with zero attached hydrogens (tertiary/aromatic N) is 1. The van der Waals surface area contributed by atoms with Crippen LogP contribution in [-0.2, 0) is 0 Å². The Bertz CT molecular complexity index is 455. The molecule has 19 heavy (non-hydrogen) atoms. The summed E-state index contributed by atoms with van der Waals surface area (Å²) >= 11 is 0. The van der Waals surface area contributed by atoms with E-state index in [0.29, 0.717) is 12.0 Å². The summed E-state index contributed by atoms with van der Waals surface area (Å²) in [6, 6.07) is 5.71. The van der Waals surface area contributed by atoms with Crippen LogP contribution in [0.3, 0.4) is 0 Å². The first-order valence-corrected chi connectivity index (χ1v) is 5.78. The van der Waals surface area contributed by atoms with Crippen molar-refractivity contribution in [3.05, 3.63) is 45.6 Å². The third-order valence-corrected chi connectivity index (χ3v) is 2.29. The van der Waals surface area contributed by atoms with Gasteiger partial charge in [-0.15, -0.1) is 0 Å². The van der Waals surface area contributed by atoms with Crippen LogP contribution < -0.4 is 4.74 Å². The second-order valence-corrected chi connectivity index (χ2v) is 4.44. The first kappa shape index (κ1) is 15.1. The third-order valence-electron chi connectivity index (χ3n) is 2.29. The summed E-state index contributed by atoms with van der Waals surface area (Å²) in [5, 5.41) is 10.9. The molecule has 0 bridgehead atoms. The van der Waals surface area contributed by atoms with Gasteiger partial charge in [0.1, 0.15) is 5.75 Å². The first-order valence-electron chi connectivity index (χ1n) is 5.78. The number of ether oxygens (including phenoxy) is 1. The van der Waals surface area contributed by atoms with Crippen LogP contribution in [0.25, 0.3) is 6.08 Å². The zero-order valence-corrected chi connectivity index (χ0v) is 10.7. The van der Waals surface area contributed by atoms with Gasteiger partial charge in [-0.25, -0.2) is 0 Å². The van der Waals surface area contributed by atoms with E-state index in [1.807, 2.05) is 13.8 Å². The fourth-order valence-corrected chi connectivity index (χ4v) is 1.54. The van der Waals surface area contributed by atoms with Crippen molar-refractivity contribution in [3.63, 3.8) is 0 Å². The maximum atomic E-state index is 12.0. The first-order chi connectivity index (χ1) is 8.88. The molecule has 0 spiro atoms. The molecule has 0 heterocycles. The van der Waals surface area contributed by atoms with Crippen LogP contribution in [0, 0.1) is 16.0 Å². The second-order valence-electron chi connectivity index (χ2n) is 4.44. The van der Waals surface area contributed by atoms with E-state index in [4.69, 9.17) is 0 Å². The molecule has 0 aromatic heterocycles. The Kier molecular flexibility index (Phi) is 5.41. The highest BCUT2D eigenvalue weighted by atomic mass is 19.3. The smallest absolute Gasteiger partial charge is 0.387 e. The molecule has 0 radical (unpaired) electrons. The zero-order chi connectivity index (χ0) is 14.4. The van der Waals surface area contributed by atoms with Crippen molar-refractivity contribution >= 4 is 6.08 Å². The van der Waals surface area contributed by atoms with Gasteiger partial charge in [-0.1, -0.05) is 26.0 Å². The molecule has 1 rings (SSSR count). The Hall–Kier alpha value is -1.98. The standard InChI is InChI=1S/C13H15F2NO3/c1-9(2)7-11(16(17)18)8-10-3-5-12(6-4-10)19-13(14)15/h3-6,8-9,13H,7H2,1-2H3. The summed E-state index contributed by atoms with van der Waals surface area (Å²) < 4.78 is 28.1. The quantitative estimate of drug-likeness (QED) is 0.581. The van der Waals surface area contributed by atoms with Gasteiger partial charge in [-0.2, -0.15) is 8.78 Å². The minimum atomic E-state index is -2.88. The Labute approximate surface area is 109 Å². The van der Waals surface area contributed by atoms with Crippen LogP contribution in [0.1, 0.15) is 25.8 Å². The van der Waals surface area contributed by atoms with Gasteiger partial charge in [0.05, 0.1) is 4.92 Å². The second kappa shape index (κ2) is 6.82. The molecule has 1 aromatic rings. The molecule has 0 aliphatic rings. The van der Waals surface area contributed by atoms with Crippen LogP contribution in [0.2, 0.25) is 0 Å². The van der Waals surface area contributed by atoms with Gasteiger partial charge in [-0.3, -0.25) is 10.1 Å². The van der Waals surface area contributed by atoms with E-state index >= 15 is 0 Å². The van der Waals surface area contributed by atoms with Crippen LogP contribution in [0.4, 0.5) is 8.78 Å². The molecule has 0 fully saturated rings. The molecular weight excluding hydrogens is 256 g/mol. The van der Waals surface area contributed by atoms with Gasteiger partial charge in [0.2, 0.25) is 5.70 Å². The Balaban J connectivity index is 2.86. The molecule has 0 unspecified atom stereocenters. The summed E-state index contributed by atoms with van der Waals surface area (Å²) in [7, 11) is 0. The van der Waals surface area contributed by atoms with Crippen LogP contribution in [0.15, 0.2) is 30.0 Å². The third kappa shape index (κ3) is 5.46. The summed E-state index contributed by atoms with van der Waals surface area (Å²) in [4.78, 5) is 10.4. The minimum Gasteiger partial charge on any atom is -0.435 e. The van der Waals surface area contributed by atoms with Crippen LogP contribution in [-0.4, -0.2) is 11.5 Å². The number of hydrogen-bond acceptors (Lipinski definition) is 3. The van der Waals surface area contributed by atoms with Crippen molar-refractivity contribution < 1.29 is 18.4 Å². The van der Waals surface area contributed by atoms with Crippen molar-refractivity contribution in [1.82, 2.24) is 0 Å². The van der Waals surface area contributed by atoms with E-state index < -0.39 is 11.5 Å². The number of allylic oxidation sites excluding steroid dienone is 1. The van der Waals surface area contributed by atoms with Gasteiger partial charge in [-0.05, 0) is 23.6 Å². The lowest BCUT2D eigenvalue weighted by Crippen LogP contribution is -2.03. The maximum Gasteiger partial charge on any atom is 0.387 e. The number of rotatable bonds is 6. The molecular formula is C13H15F2NO3. The number of alkyl halides is 2. The Morgan fingerprint density at radius 1 is 1.37 bits per heavy atom. The van der Waals surface area contributed by atoms with E-state index in [1.54, 1.807) is 0 Å². The van der Waals surface area contributed by atoms with Crippen LogP contribution >= 0.6 is 0 Å². The van der Waals surface area contributed by atoms with Gasteiger partial charge >= 0.3 is 6.61 Å². The average molecular weight is 271 g/mol. The number of benzene rings is 1. The summed E-state index contributed by atoms with van der Waals surface area (Å²) in [5.74, 6) is 0.191. The Morgan fingerprint density at radius 3 is 2.37 bits per heavy atom. The maximum absolute atomic E-state index is 12.0. The van der Waals surface area contributed by atoms with Gasteiger partial charge in [0, 0.05) is 12.5 Å². The van der Waals surface area contributed by atoms with Gasteiger partial charge in [0.15, 0.2) is 0 Å². The highest BCUT2D eigenvalue weighted by molar-refractivity contribution is 5.52. The van der Waals surface area contributed by atoms with Crippen LogP contribution in [0.5, 0.6) is 5.75 Å². The monoisotopic (exact) mass is 271 g/mol. The lowest BCUT2D eigenvalue weighted by Gasteiger charge is -2.05. The highest BCUT2D eigenvalue weighted by Crippen LogP contribution is 2.19. The normalized spacial score (nSPS) is 12.0. The summed E-state index contributed by atoms with van der Waals surface area (Å²) in [5.41, 5.74) is 0.673. The molecule has 0 saturated carbocycles. The lowest BCUT2D eigenvalue weighted by atomic mass is 10.1. The van der Waals surface area contributed by atoms with Crippen molar-refractivity contribution in [2.24, 2.45) is 5.92 Å². The molecule has 0 amide bonds. The minimum absolute atomic E-state index is 0.0265. The van der Waals surface area contributed by atoms with E-state index in [9.17, 15) is 18.9 Å². The molecule has 0 aliphatic carbocycles. The number of hydrogen-bond donors (Lipinski definition) is 0. The molecule has 104 valence electrons. The predicted molar refractivity (Wildman–Crippen MR) is 67.5 cm³/mol. The van der Waals surface area contributed by atoms with E-state index in [0.717, 1.165) is 0 Å². The van der Waals surface area contributed by atoms with Crippen molar-refractivity contribution in [3.8, 4) is 5.75 Å². The average Bonchev–Trinajstić information content (AvgIpc) is 2.29. The van der Waals surface area contributed by atoms with E-state index in [1.165, 1.54) is 30.3 Å². The summed E-state index contributed by atoms with van der Waals surface area (Å²) in [6.45, 7) is 0.894. The topological polar surface area (TPSA) is 52.4 Å². The molecule has 0 atom stereocenters. The molecule has 0 aliphatic heterocycles. The van der Waals surface area contributed by atoms with Gasteiger partial charge in [0.25, 0.3) is 0 Å². The Morgan fingerprint density at radius 2 is 1.95 bits per heavy atom. The largest absolute Gasteiger partial charge is 0.435 e. The summed E-state index contributed by atoms with van der Waals surface area (Å²) in [6.07, 6.45) is 1.79. The molecule has 0 N–H and O–H groups in total. The number of halogens is 2. The molecule has 4 nitrogen and oxygen atoms in total. The van der Waals surface area contributed by atoms with Crippen molar-refractivity contribution in [2.75, 3.05) is 0 Å². The highest BCUT2D eigenvalue weighted by Gasteiger charge is 2.13. The van der Waals surface area contributed by atoms with E-state index in [-0.39, 0.29) is 17.4 Å². The van der Waals surface area contributed by atoms with E-state index in [2.05, 4.69) is 4.74 Å². The molecule has 0 saturated heterocycles. The predicted octanol–water partition coefficient (Wildman–Crippen LogP) is 3.95. The zero-order valence-electron chi connectivity index (χ0n) is 10.7.